The minimum absolute atomic E-state index is 0.104. The number of nitrogens with one attached hydrogen (secondary N) is 1. The molecule has 0 atom stereocenters. The van der Waals surface area contributed by atoms with Gasteiger partial charge in [-0.2, -0.15) is 4.98 Å². The number of nitrogens with two attached hydrogens (primary N) is 1. The Hall–Kier alpha value is -2.65. The molecule has 0 aliphatic heterocycles. The monoisotopic (exact) mass is 413 g/mol. The van der Waals surface area contributed by atoms with Gasteiger partial charge in [0.25, 0.3) is 5.56 Å². The number of nitrogen functional groups attached to an aromatic ring is 1. The molecule has 2 aromatic heterocycles. The Morgan fingerprint density at radius 1 is 1.21 bits per heavy atom. The average molecular weight is 414 g/mol. The van der Waals surface area contributed by atoms with Crippen LogP contribution in [0.3, 0.4) is 0 Å². The molecule has 0 bridgehead atoms. The number of thiazole rings is 1. The number of carbonyl (C=O) groups excluding carboxylic acids is 1. The van der Waals surface area contributed by atoms with Crippen LogP contribution in [0.25, 0.3) is 5.69 Å². The van der Waals surface area contributed by atoms with Gasteiger partial charge in [0.1, 0.15) is 5.82 Å². The predicted molar refractivity (Wildman–Crippen MR) is 112 cm³/mol. The second-order valence-electron chi connectivity index (χ2n) is 6.41. The number of aryl methyl sites for hydroxylation is 2. The van der Waals surface area contributed by atoms with Crippen molar-refractivity contribution < 1.29 is 4.79 Å². The Bertz CT molecular complexity index is 1040. The van der Waals surface area contributed by atoms with Gasteiger partial charge < -0.3 is 11.1 Å². The first-order chi connectivity index (χ1) is 13.6. The summed E-state index contributed by atoms with van der Waals surface area (Å²) < 4.78 is 1.67. The summed E-state index contributed by atoms with van der Waals surface area (Å²) in [5.41, 5.74) is 7.50. The summed E-state index contributed by atoms with van der Waals surface area (Å²) in [5, 5.41) is 3.88. The number of anilines is 2. The topological polar surface area (TPSA) is 103 Å². The van der Waals surface area contributed by atoms with Crippen molar-refractivity contribution >= 4 is 40.0 Å². The molecule has 1 aliphatic rings. The molecule has 4 rings (SSSR count). The fourth-order valence-electron chi connectivity index (χ4n) is 3.10. The van der Waals surface area contributed by atoms with E-state index >= 15 is 0 Å². The molecule has 3 aromatic rings. The Morgan fingerprint density at radius 3 is 2.79 bits per heavy atom. The SMILES string of the molecule is Nc1cc(=O)nc(SCC(=O)Nc2nc3c(s2)CCCC3)n1-c1ccccc1. The Morgan fingerprint density at radius 2 is 2.00 bits per heavy atom. The van der Waals surface area contributed by atoms with Crippen molar-refractivity contribution in [1.29, 1.82) is 0 Å². The molecule has 3 N–H and O–H groups in total. The second kappa shape index (κ2) is 8.15. The number of aromatic nitrogens is 3. The Balaban J connectivity index is 1.49. The molecule has 7 nitrogen and oxygen atoms in total. The highest BCUT2D eigenvalue weighted by Gasteiger charge is 2.17. The zero-order chi connectivity index (χ0) is 19.5. The van der Waals surface area contributed by atoms with Gasteiger partial charge in [0.15, 0.2) is 10.3 Å². The molecule has 2 heterocycles. The van der Waals surface area contributed by atoms with Gasteiger partial charge in [-0.15, -0.1) is 11.3 Å². The number of para-hydroxylation sites is 1. The maximum absolute atomic E-state index is 12.4. The maximum atomic E-state index is 12.4. The van der Waals surface area contributed by atoms with Crippen LogP contribution in [0, 0.1) is 0 Å². The molecule has 0 fully saturated rings. The van der Waals surface area contributed by atoms with E-state index in [0.29, 0.717) is 10.3 Å². The molecular weight excluding hydrogens is 394 g/mol. The summed E-state index contributed by atoms with van der Waals surface area (Å²) >= 11 is 2.72. The summed E-state index contributed by atoms with van der Waals surface area (Å²) in [5.74, 6) is 0.196. The number of benzene rings is 1. The number of nitrogens with zero attached hydrogens (tertiary/aromatic N) is 3. The highest BCUT2D eigenvalue weighted by molar-refractivity contribution is 7.99. The third-order valence-corrected chi connectivity index (χ3v) is 6.38. The molecule has 0 saturated heterocycles. The molecule has 0 radical (unpaired) electrons. The number of hydrogen-bond acceptors (Lipinski definition) is 7. The number of hydrogen-bond donors (Lipinski definition) is 2. The molecule has 0 unspecified atom stereocenters. The molecule has 9 heteroatoms. The van der Waals surface area contributed by atoms with Crippen molar-refractivity contribution in [3.05, 3.63) is 57.3 Å². The van der Waals surface area contributed by atoms with Crippen LogP contribution in [0.15, 0.2) is 46.3 Å². The standard InChI is InChI=1S/C19H19N5O2S2/c20-15-10-16(25)23-19(24(15)12-6-2-1-3-7-12)27-11-17(26)22-18-21-13-8-4-5-9-14(13)28-18/h1-3,6-7,10H,4-5,8-9,11,20H2,(H,21,22,26). The third kappa shape index (κ3) is 4.10. The zero-order valence-corrected chi connectivity index (χ0v) is 16.7. The molecule has 144 valence electrons. The van der Waals surface area contributed by atoms with Crippen molar-refractivity contribution in [2.45, 2.75) is 30.8 Å². The van der Waals surface area contributed by atoms with Crippen LogP contribution < -0.4 is 16.6 Å². The minimum Gasteiger partial charge on any atom is -0.385 e. The summed E-state index contributed by atoms with van der Waals surface area (Å²) in [6.07, 6.45) is 4.34. The van der Waals surface area contributed by atoms with Gasteiger partial charge in [0, 0.05) is 16.6 Å². The fourth-order valence-corrected chi connectivity index (χ4v) is 5.00. The van der Waals surface area contributed by atoms with Crippen molar-refractivity contribution in [2.24, 2.45) is 0 Å². The van der Waals surface area contributed by atoms with Gasteiger partial charge in [-0.05, 0) is 37.8 Å². The largest absolute Gasteiger partial charge is 0.385 e. The van der Waals surface area contributed by atoms with E-state index in [2.05, 4.69) is 15.3 Å². The lowest BCUT2D eigenvalue weighted by Gasteiger charge is -2.14. The molecule has 1 aromatic carbocycles. The summed E-state index contributed by atoms with van der Waals surface area (Å²) in [6.45, 7) is 0. The second-order valence-corrected chi connectivity index (χ2v) is 8.43. The molecule has 1 amide bonds. The van der Waals surface area contributed by atoms with Crippen LogP contribution in [0.4, 0.5) is 10.9 Å². The maximum Gasteiger partial charge on any atom is 0.275 e. The van der Waals surface area contributed by atoms with E-state index in [1.807, 2.05) is 30.3 Å². The highest BCUT2D eigenvalue weighted by Crippen LogP contribution is 2.30. The van der Waals surface area contributed by atoms with E-state index in [-0.39, 0.29) is 17.5 Å². The third-order valence-electron chi connectivity index (χ3n) is 4.37. The van der Waals surface area contributed by atoms with Crippen molar-refractivity contribution in [3.63, 3.8) is 0 Å². The molecule has 1 aliphatic carbocycles. The first kappa shape index (κ1) is 18.7. The quantitative estimate of drug-likeness (QED) is 0.492. The van der Waals surface area contributed by atoms with Crippen LogP contribution in [-0.4, -0.2) is 26.2 Å². The van der Waals surface area contributed by atoms with Crippen LogP contribution in [0.2, 0.25) is 0 Å². The van der Waals surface area contributed by atoms with Gasteiger partial charge in [-0.3, -0.25) is 14.2 Å². The zero-order valence-electron chi connectivity index (χ0n) is 15.1. The number of thioether (sulfide) groups is 1. The Labute approximate surface area is 170 Å². The minimum atomic E-state index is -0.430. The predicted octanol–water partition coefficient (Wildman–Crippen LogP) is 2.88. The van der Waals surface area contributed by atoms with Crippen LogP contribution in [0.5, 0.6) is 0 Å². The van der Waals surface area contributed by atoms with Crippen molar-refractivity contribution in [1.82, 2.24) is 14.5 Å². The summed E-state index contributed by atoms with van der Waals surface area (Å²) in [4.78, 5) is 34.1. The number of amides is 1. The lowest BCUT2D eigenvalue weighted by atomic mass is 10.0. The van der Waals surface area contributed by atoms with Crippen LogP contribution >= 0.6 is 23.1 Å². The molecule has 0 saturated carbocycles. The van der Waals surface area contributed by atoms with Gasteiger partial charge in [0.2, 0.25) is 5.91 Å². The van der Waals surface area contributed by atoms with E-state index in [1.165, 1.54) is 29.1 Å². The Kier molecular flexibility index (Phi) is 5.45. The van der Waals surface area contributed by atoms with E-state index in [1.54, 1.807) is 15.9 Å². The normalized spacial score (nSPS) is 13.1. The first-order valence-electron chi connectivity index (χ1n) is 8.96. The summed E-state index contributed by atoms with van der Waals surface area (Å²) in [7, 11) is 0. The lowest BCUT2D eigenvalue weighted by Crippen LogP contribution is -2.19. The van der Waals surface area contributed by atoms with E-state index in [0.717, 1.165) is 30.6 Å². The van der Waals surface area contributed by atoms with Gasteiger partial charge in [0.05, 0.1) is 11.4 Å². The van der Waals surface area contributed by atoms with Crippen LogP contribution in [-0.2, 0) is 17.6 Å². The molecule has 28 heavy (non-hydrogen) atoms. The summed E-state index contributed by atoms with van der Waals surface area (Å²) in [6, 6.07) is 10.6. The molecule has 0 spiro atoms. The van der Waals surface area contributed by atoms with Gasteiger partial charge in [-0.1, -0.05) is 30.0 Å². The smallest absolute Gasteiger partial charge is 0.275 e. The van der Waals surface area contributed by atoms with Gasteiger partial charge in [-0.25, -0.2) is 4.98 Å². The molecular formula is C19H19N5O2S2. The van der Waals surface area contributed by atoms with E-state index < -0.39 is 5.56 Å². The number of rotatable bonds is 5. The number of fused-ring (bicyclic) bond motifs is 1. The van der Waals surface area contributed by atoms with E-state index in [9.17, 15) is 9.59 Å². The van der Waals surface area contributed by atoms with Gasteiger partial charge >= 0.3 is 0 Å². The first-order valence-corrected chi connectivity index (χ1v) is 10.8. The average Bonchev–Trinajstić information content (AvgIpc) is 3.09. The van der Waals surface area contributed by atoms with Crippen molar-refractivity contribution in [3.8, 4) is 5.69 Å². The highest BCUT2D eigenvalue weighted by atomic mass is 32.2. The van der Waals surface area contributed by atoms with E-state index in [4.69, 9.17) is 5.73 Å². The lowest BCUT2D eigenvalue weighted by molar-refractivity contribution is -0.113. The van der Waals surface area contributed by atoms with Crippen LogP contribution in [0.1, 0.15) is 23.4 Å². The fraction of sp³-hybridized carbons (Fsp3) is 0.263. The number of carbonyl (C=O) groups is 1. The van der Waals surface area contributed by atoms with Crippen molar-refractivity contribution in [2.75, 3.05) is 16.8 Å².